The molecule has 0 saturated heterocycles. The van der Waals surface area contributed by atoms with E-state index in [0.717, 1.165) is 0 Å². The summed E-state index contributed by atoms with van der Waals surface area (Å²) in [6, 6.07) is 13.6. The minimum atomic E-state index is -3.98. The number of sulfonamides is 1. The van der Waals surface area contributed by atoms with E-state index < -0.39 is 38.1 Å². The van der Waals surface area contributed by atoms with E-state index in [4.69, 9.17) is 0 Å². The highest BCUT2D eigenvalue weighted by molar-refractivity contribution is 7.92. The van der Waals surface area contributed by atoms with Crippen molar-refractivity contribution >= 4 is 25.8 Å². The molecule has 1 amide bonds. The fourth-order valence-electron chi connectivity index (χ4n) is 2.40. The third kappa shape index (κ3) is 2.64. The van der Waals surface area contributed by atoms with Gasteiger partial charge in [-0.15, -0.1) is 0 Å². The standard InChI is InChI=1S/C15H13NO5S2/c17-15-13-8-4-5-9-14(13)23(20,21)16(15)10-11-22(18,19)12-6-2-1-3-7-12/h1-9H,10-11H2. The zero-order valence-electron chi connectivity index (χ0n) is 11.9. The highest BCUT2D eigenvalue weighted by Crippen LogP contribution is 2.29. The quantitative estimate of drug-likeness (QED) is 0.828. The van der Waals surface area contributed by atoms with Crippen LogP contribution in [0.4, 0.5) is 0 Å². The average molecular weight is 351 g/mol. The van der Waals surface area contributed by atoms with Gasteiger partial charge in [-0.25, -0.2) is 21.1 Å². The molecular weight excluding hydrogens is 338 g/mol. The molecule has 6 nitrogen and oxygen atoms in total. The van der Waals surface area contributed by atoms with Crippen molar-refractivity contribution < 1.29 is 21.6 Å². The molecular formula is C15H13NO5S2. The van der Waals surface area contributed by atoms with Crippen molar-refractivity contribution in [2.45, 2.75) is 9.79 Å². The molecule has 120 valence electrons. The largest absolute Gasteiger partial charge is 0.269 e. The summed E-state index contributed by atoms with van der Waals surface area (Å²) in [5.41, 5.74) is 0.0737. The van der Waals surface area contributed by atoms with Gasteiger partial charge in [-0.3, -0.25) is 4.79 Å². The first-order valence-corrected chi connectivity index (χ1v) is 9.87. The number of sulfone groups is 1. The van der Waals surface area contributed by atoms with Crippen LogP contribution in [0.2, 0.25) is 0 Å². The van der Waals surface area contributed by atoms with Gasteiger partial charge in [0.2, 0.25) is 0 Å². The summed E-state index contributed by atoms with van der Waals surface area (Å²) in [4.78, 5) is 12.2. The molecule has 0 bridgehead atoms. The molecule has 0 N–H and O–H groups in total. The maximum atomic E-state index is 12.4. The van der Waals surface area contributed by atoms with Gasteiger partial charge < -0.3 is 0 Å². The lowest BCUT2D eigenvalue weighted by molar-refractivity contribution is 0.0876. The number of fused-ring (bicyclic) bond motifs is 1. The van der Waals surface area contributed by atoms with E-state index >= 15 is 0 Å². The molecule has 2 aromatic carbocycles. The molecule has 0 spiro atoms. The Hall–Kier alpha value is -2.19. The van der Waals surface area contributed by atoms with E-state index in [1.54, 1.807) is 24.3 Å². The van der Waals surface area contributed by atoms with E-state index in [9.17, 15) is 21.6 Å². The highest BCUT2D eigenvalue weighted by atomic mass is 32.2. The Bertz CT molecular complexity index is 966. The highest BCUT2D eigenvalue weighted by Gasteiger charge is 2.41. The SMILES string of the molecule is O=C1c2ccccc2S(=O)(=O)N1CCS(=O)(=O)c1ccccc1. The van der Waals surface area contributed by atoms with E-state index in [-0.39, 0.29) is 15.4 Å². The van der Waals surface area contributed by atoms with E-state index in [2.05, 4.69) is 0 Å². The van der Waals surface area contributed by atoms with Gasteiger partial charge in [-0.1, -0.05) is 30.3 Å². The van der Waals surface area contributed by atoms with E-state index in [0.29, 0.717) is 4.31 Å². The molecule has 1 heterocycles. The van der Waals surface area contributed by atoms with Crippen LogP contribution in [-0.2, 0) is 19.9 Å². The second-order valence-corrected chi connectivity index (χ2v) is 8.95. The predicted molar refractivity (Wildman–Crippen MR) is 83.2 cm³/mol. The smallest absolute Gasteiger partial charge is 0.268 e. The van der Waals surface area contributed by atoms with Crippen LogP contribution in [0.3, 0.4) is 0 Å². The summed E-state index contributed by atoms with van der Waals surface area (Å²) < 4.78 is 49.8. The summed E-state index contributed by atoms with van der Waals surface area (Å²) >= 11 is 0. The second kappa shape index (κ2) is 5.47. The van der Waals surface area contributed by atoms with E-state index in [1.165, 1.54) is 30.3 Å². The van der Waals surface area contributed by atoms with Crippen LogP contribution < -0.4 is 0 Å². The van der Waals surface area contributed by atoms with Crippen LogP contribution in [0.5, 0.6) is 0 Å². The van der Waals surface area contributed by atoms with Gasteiger partial charge >= 0.3 is 0 Å². The molecule has 0 saturated carbocycles. The number of nitrogens with zero attached hydrogens (tertiary/aromatic N) is 1. The summed E-state index contributed by atoms with van der Waals surface area (Å²) in [6.45, 7) is -0.410. The van der Waals surface area contributed by atoms with Crippen molar-refractivity contribution in [3.63, 3.8) is 0 Å². The molecule has 23 heavy (non-hydrogen) atoms. The monoisotopic (exact) mass is 351 g/mol. The van der Waals surface area contributed by atoms with Gasteiger partial charge in [0, 0.05) is 0 Å². The van der Waals surface area contributed by atoms with Crippen LogP contribution in [0.15, 0.2) is 64.4 Å². The van der Waals surface area contributed by atoms with Crippen molar-refractivity contribution in [2.75, 3.05) is 12.3 Å². The number of benzene rings is 2. The zero-order valence-corrected chi connectivity index (χ0v) is 13.5. The van der Waals surface area contributed by atoms with Crippen molar-refractivity contribution in [3.05, 3.63) is 60.2 Å². The molecule has 2 aromatic rings. The Morgan fingerprint density at radius 3 is 2.17 bits per heavy atom. The predicted octanol–water partition coefficient (Wildman–Crippen LogP) is 1.31. The van der Waals surface area contributed by atoms with Crippen LogP contribution in [-0.4, -0.2) is 39.3 Å². The van der Waals surface area contributed by atoms with Crippen molar-refractivity contribution in [1.82, 2.24) is 4.31 Å². The maximum Gasteiger partial charge on any atom is 0.269 e. The molecule has 0 radical (unpaired) electrons. The van der Waals surface area contributed by atoms with Gasteiger partial charge in [-0.05, 0) is 24.3 Å². The number of hydrogen-bond donors (Lipinski definition) is 0. The lowest BCUT2D eigenvalue weighted by Gasteiger charge is -2.15. The van der Waals surface area contributed by atoms with Gasteiger partial charge in [0.15, 0.2) is 9.84 Å². The number of carbonyl (C=O) groups excluding carboxylic acids is 1. The lowest BCUT2D eigenvalue weighted by atomic mass is 10.2. The minimum absolute atomic E-state index is 0.0737. The molecule has 3 rings (SSSR count). The Morgan fingerprint density at radius 1 is 0.913 bits per heavy atom. The third-order valence-corrected chi connectivity index (χ3v) is 7.13. The Morgan fingerprint density at radius 2 is 1.52 bits per heavy atom. The summed E-state index contributed by atoms with van der Waals surface area (Å²) in [5.74, 6) is -1.15. The molecule has 0 aromatic heterocycles. The third-order valence-electron chi connectivity index (χ3n) is 3.58. The number of hydrogen-bond acceptors (Lipinski definition) is 5. The fourth-order valence-corrected chi connectivity index (χ4v) is 5.32. The fraction of sp³-hybridized carbons (Fsp3) is 0.133. The number of rotatable bonds is 4. The summed E-state index contributed by atoms with van der Waals surface area (Å²) in [5, 5.41) is 0. The molecule has 0 aliphatic carbocycles. The Labute approximate surface area is 134 Å². The first kappa shape index (κ1) is 15.7. The number of amides is 1. The molecule has 1 aliphatic rings. The van der Waals surface area contributed by atoms with Gasteiger partial charge in [0.05, 0.1) is 22.8 Å². The van der Waals surface area contributed by atoms with Gasteiger partial charge in [0.25, 0.3) is 15.9 Å². The molecule has 0 atom stereocenters. The van der Waals surface area contributed by atoms with Crippen molar-refractivity contribution in [2.24, 2.45) is 0 Å². The Kier molecular flexibility index (Phi) is 3.73. The van der Waals surface area contributed by atoms with Crippen LogP contribution in [0.25, 0.3) is 0 Å². The topological polar surface area (TPSA) is 88.6 Å². The van der Waals surface area contributed by atoms with Crippen molar-refractivity contribution in [3.8, 4) is 0 Å². The van der Waals surface area contributed by atoms with Gasteiger partial charge in [0.1, 0.15) is 4.90 Å². The normalized spacial score (nSPS) is 16.3. The first-order chi connectivity index (χ1) is 10.8. The van der Waals surface area contributed by atoms with Crippen molar-refractivity contribution in [1.29, 1.82) is 0 Å². The maximum absolute atomic E-state index is 12.4. The summed E-state index contributed by atoms with van der Waals surface area (Å²) in [6.07, 6.45) is 0. The van der Waals surface area contributed by atoms with E-state index in [1.807, 2.05) is 0 Å². The molecule has 0 unspecified atom stereocenters. The van der Waals surface area contributed by atoms with Crippen LogP contribution in [0.1, 0.15) is 10.4 Å². The first-order valence-electron chi connectivity index (χ1n) is 6.78. The van der Waals surface area contributed by atoms with Crippen LogP contribution in [0, 0.1) is 0 Å². The summed E-state index contributed by atoms with van der Waals surface area (Å²) in [7, 11) is -7.65. The molecule has 8 heteroatoms. The lowest BCUT2D eigenvalue weighted by Crippen LogP contribution is -2.34. The number of carbonyl (C=O) groups is 1. The average Bonchev–Trinajstić information content (AvgIpc) is 2.74. The minimum Gasteiger partial charge on any atom is -0.268 e. The molecule has 0 fully saturated rings. The van der Waals surface area contributed by atoms with Crippen LogP contribution >= 0.6 is 0 Å². The molecule has 1 aliphatic heterocycles. The zero-order chi connectivity index (χ0) is 16.7. The Balaban J connectivity index is 1.87. The second-order valence-electron chi connectivity index (χ2n) is 5.01. The van der Waals surface area contributed by atoms with Gasteiger partial charge in [-0.2, -0.15) is 0 Å².